The van der Waals surface area contributed by atoms with Crippen LogP contribution in [0.1, 0.15) is 61.5 Å². The molecule has 4 heterocycles. The largest absolute Gasteiger partial charge is 0.360 e. The number of aromatic amines is 1. The van der Waals surface area contributed by atoms with Gasteiger partial charge in [-0.15, -0.1) is 0 Å². The average molecular weight is 505 g/mol. The van der Waals surface area contributed by atoms with Crippen LogP contribution >= 0.6 is 0 Å². The molecule has 0 aliphatic heterocycles. The van der Waals surface area contributed by atoms with Gasteiger partial charge in [0.15, 0.2) is 27.1 Å². The number of nitrogens with one attached hydrogen (secondary N) is 2. The second kappa shape index (κ2) is 8.70. The van der Waals surface area contributed by atoms with Gasteiger partial charge in [0.2, 0.25) is 0 Å². The van der Waals surface area contributed by atoms with E-state index in [1.54, 1.807) is 25.5 Å². The fourth-order valence-electron chi connectivity index (χ4n) is 4.14. The minimum Gasteiger partial charge on any atom is -0.360 e. The summed E-state index contributed by atoms with van der Waals surface area (Å²) in [6.45, 7) is 1.78. The number of sulfone groups is 1. The van der Waals surface area contributed by atoms with Crippen molar-refractivity contribution >= 4 is 26.8 Å². The van der Waals surface area contributed by atoms with Crippen molar-refractivity contribution in [2.45, 2.75) is 55.9 Å². The Hall–Kier alpha value is -3.80. The Bertz CT molecular complexity index is 1600. The lowest BCUT2D eigenvalue weighted by atomic mass is 10.0. The second-order valence-electron chi connectivity index (χ2n) is 9.15. The summed E-state index contributed by atoms with van der Waals surface area (Å²) in [6.07, 6.45) is 8.95. The van der Waals surface area contributed by atoms with Crippen LogP contribution in [0, 0.1) is 0 Å². The normalized spacial score (nSPS) is 15.8. The number of rotatable bonds is 8. The molecule has 36 heavy (non-hydrogen) atoms. The van der Waals surface area contributed by atoms with E-state index in [1.165, 1.54) is 12.3 Å². The number of hydrogen-bond acceptors (Lipinski definition) is 10. The molecule has 2 aliphatic rings. The predicted octanol–water partition coefficient (Wildman–Crippen LogP) is 2.73. The first-order valence-electron chi connectivity index (χ1n) is 12.0. The molecule has 0 amide bonds. The highest BCUT2D eigenvalue weighted by Crippen LogP contribution is 2.48. The van der Waals surface area contributed by atoms with Crippen LogP contribution in [0.2, 0.25) is 0 Å². The van der Waals surface area contributed by atoms with Crippen molar-refractivity contribution in [1.29, 1.82) is 0 Å². The van der Waals surface area contributed by atoms with E-state index in [9.17, 15) is 13.2 Å². The highest BCUT2D eigenvalue weighted by Gasteiger charge is 2.35. The fraction of sp³-hybridized carbons (Fsp3) is 0.375. The average Bonchev–Trinajstić information content (AvgIpc) is 3.80. The summed E-state index contributed by atoms with van der Waals surface area (Å²) in [7, 11) is -3.32. The van der Waals surface area contributed by atoms with Crippen molar-refractivity contribution in [1.82, 2.24) is 34.9 Å². The van der Waals surface area contributed by atoms with Crippen molar-refractivity contribution < 1.29 is 8.42 Å². The van der Waals surface area contributed by atoms with E-state index in [1.807, 2.05) is 0 Å². The fourth-order valence-corrected chi connectivity index (χ4v) is 4.97. The van der Waals surface area contributed by atoms with Crippen LogP contribution in [0.4, 0.5) is 5.82 Å². The van der Waals surface area contributed by atoms with E-state index in [-0.39, 0.29) is 23.0 Å². The highest BCUT2D eigenvalue weighted by molar-refractivity contribution is 7.91. The number of aromatic nitrogens is 7. The lowest BCUT2D eigenvalue weighted by Crippen LogP contribution is -2.17. The Balaban J connectivity index is 1.28. The van der Waals surface area contributed by atoms with Gasteiger partial charge in [0.05, 0.1) is 46.0 Å². The van der Waals surface area contributed by atoms with Crippen LogP contribution in [-0.4, -0.2) is 49.1 Å². The van der Waals surface area contributed by atoms with Gasteiger partial charge in [0, 0.05) is 18.0 Å². The molecule has 0 bridgehead atoms. The van der Waals surface area contributed by atoms with Crippen LogP contribution in [-0.2, 0) is 16.4 Å². The molecule has 11 nitrogen and oxygen atoms in total. The van der Waals surface area contributed by atoms with Gasteiger partial charge in [-0.2, -0.15) is 0 Å². The molecule has 4 aromatic rings. The number of pyridine rings is 1. The van der Waals surface area contributed by atoms with E-state index >= 15 is 0 Å². The van der Waals surface area contributed by atoms with Gasteiger partial charge in [-0.25, -0.2) is 33.3 Å². The van der Waals surface area contributed by atoms with Crippen LogP contribution in [0.3, 0.4) is 0 Å². The molecule has 2 aliphatic carbocycles. The third-order valence-electron chi connectivity index (χ3n) is 6.48. The molecule has 0 unspecified atom stereocenters. The molecule has 6 rings (SSSR count). The number of hydrogen-bond donors (Lipinski definition) is 2. The first-order chi connectivity index (χ1) is 17.4. The quantitative estimate of drug-likeness (QED) is 0.366. The summed E-state index contributed by atoms with van der Waals surface area (Å²) in [4.78, 5) is 42.6. The number of H-pyrrole nitrogens is 1. The SMILES string of the molecule is CCS(=O)(=O)c1ccc(CNc2nc3cnc(-c4c(C5CC5)ncnc4C4CC4)nc3[nH]c2=O)nc1. The molecule has 12 heteroatoms. The topological polar surface area (TPSA) is 156 Å². The molecular formula is C24H24N8O3S. The summed E-state index contributed by atoms with van der Waals surface area (Å²) < 4.78 is 23.9. The molecule has 184 valence electrons. The molecule has 0 saturated heterocycles. The third-order valence-corrected chi connectivity index (χ3v) is 8.20. The molecular weight excluding hydrogens is 480 g/mol. The van der Waals surface area contributed by atoms with E-state index in [4.69, 9.17) is 0 Å². The molecule has 2 saturated carbocycles. The minimum absolute atomic E-state index is 0.00747. The third kappa shape index (κ3) is 4.32. The van der Waals surface area contributed by atoms with Gasteiger partial charge in [-0.3, -0.25) is 9.78 Å². The van der Waals surface area contributed by atoms with E-state index < -0.39 is 15.4 Å². The molecule has 0 spiro atoms. The maximum absolute atomic E-state index is 12.7. The molecule has 4 aromatic heterocycles. The maximum atomic E-state index is 12.7. The molecule has 0 aromatic carbocycles. The lowest BCUT2D eigenvalue weighted by molar-refractivity contribution is 0.596. The second-order valence-corrected chi connectivity index (χ2v) is 11.4. The molecule has 2 fully saturated rings. The van der Waals surface area contributed by atoms with Crippen molar-refractivity contribution in [3.8, 4) is 11.4 Å². The van der Waals surface area contributed by atoms with E-state index in [0.29, 0.717) is 34.5 Å². The van der Waals surface area contributed by atoms with Crippen LogP contribution in [0.25, 0.3) is 22.6 Å². The zero-order valence-electron chi connectivity index (χ0n) is 19.6. The minimum atomic E-state index is -3.32. The Kier molecular flexibility index (Phi) is 5.47. The molecule has 2 N–H and O–H groups in total. The van der Waals surface area contributed by atoms with Crippen LogP contribution in [0.15, 0.2) is 40.5 Å². The van der Waals surface area contributed by atoms with Gasteiger partial charge >= 0.3 is 0 Å². The summed E-state index contributed by atoms with van der Waals surface area (Å²) in [5, 5.41) is 2.96. The lowest BCUT2D eigenvalue weighted by Gasteiger charge is -2.12. The van der Waals surface area contributed by atoms with Gasteiger partial charge in [0.1, 0.15) is 11.8 Å². The first kappa shape index (κ1) is 22.7. The molecule has 0 atom stereocenters. The van der Waals surface area contributed by atoms with Crippen molar-refractivity contribution in [2.75, 3.05) is 11.1 Å². The zero-order valence-corrected chi connectivity index (χ0v) is 20.4. The number of anilines is 1. The Morgan fingerprint density at radius 3 is 2.31 bits per heavy atom. The van der Waals surface area contributed by atoms with Gasteiger partial charge in [0.25, 0.3) is 5.56 Å². The van der Waals surface area contributed by atoms with Crippen molar-refractivity contribution in [3.05, 3.63) is 58.3 Å². The Morgan fingerprint density at radius 1 is 0.972 bits per heavy atom. The predicted molar refractivity (Wildman–Crippen MR) is 132 cm³/mol. The maximum Gasteiger partial charge on any atom is 0.292 e. The van der Waals surface area contributed by atoms with Crippen molar-refractivity contribution in [2.24, 2.45) is 0 Å². The van der Waals surface area contributed by atoms with E-state index in [0.717, 1.165) is 42.6 Å². The van der Waals surface area contributed by atoms with Crippen molar-refractivity contribution in [3.63, 3.8) is 0 Å². The highest BCUT2D eigenvalue weighted by atomic mass is 32.2. The summed E-state index contributed by atoms with van der Waals surface area (Å²) >= 11 is 0. The van der Waals surface area contributed by atoms with Crippen LogP contribution < -0.4 is 10.9 Å². The number of fused-ring (bicyclic) bond motifs is 1. The van der Waals surface area contributed by atoms with Gasteiger partial charge < -0.3 is 10.3 Å². The summed E-state index contributed by atoms with van der Waals surface area (Å²) in [5.41, 5.74) is 3.81. The number of nitrogens with zero attached hydrogens (tertiary/aromatic N) is 6. The van der Waals surface area contributed by atoms with Crippen LogP contribution in [0.5, 0.6) is 0 Å². The Morgan fingerprint density at radius 2 is 1.69 bits per heavy atom. The first-order valence-corrected chi connectivity index (χ1v) is 13.6. The van der Waals surface area contributed by atoms with Gasteiger partial charge in [-0.1, -0.05) is 6.92 Å². The summed E-state index contributed by atoms with van der Waals surface area (Å²) in [6, 6.07) is 3.12. The van der Waals surface area contributed by atoms with E-state index in [2.05, 4.69) is 40.2 Å². The monoisotopic (exact) mass is 504 g/mol. The smallest absolute Gasteiger partial charge is 0.292 e. The standard InChI is InChI=1S/C24H24N8O3S/c1-2-36(34,35)16-8-7-15(25-10-16)9-26-23-24(33)32-21-17(30-23)11-27-22(31-21)18-19(13-3-4-13)28-12-29-20(18)14-5-6-14/h7-8,10-14H,2-6,9H2,1H3,(H,26,30)(H,27,31,32,33). The molecule has 0 radical (unpaired) electrons. The van der Waals surface area contributed by atoms with Gasteiger partial charge in [-0.05, 0) is 37.8 Å². The zero-order chi connectivity index (χ0) is 24.9. The summed E-state index contributed by atoms with van der Waals surface area (Å²) in [5.74, 6) is 1.44. The Labute approximate surface area is 206 Å².